The zero-order chi connectivity index (χ0) is 9.47. The zero-order valence-electron chi connectivity index (χ0n) is 7.69. The number of aliphatic hydroxyl groups is 3. The van der Waals surface area contributed by atoms with Gasteiger partial charge in [-0.05, 0) is 25.8 Å². The number of hydrogen-bond acceptors (Lipinski definition) is 4. The minimum Gasteiger partial charge on any atom is -0.394 e. The number of β-amino-alcohol motifs (C(OH)–C–C–N with tert-alkyl or cyclic N) is 1. The summed E-state index contributed by atoms with van der Waals surface area (Å²) in [5, 5.41) is 28.3. The van der Waals surface area contributed by atoms with E-state index in [4.69, 9.17) is 0 Å². The Morgan fingerprint density at radius 2 is 2.08 bits per heavy atom. The largest absolute Gasteiger partial charge is 0.394 e. The Bertz CT molecular complexity index is 199. The lowest BCUT2D eigenvalue weighted by atomic mass is 9.84. The molecule has 0 unspecified atom stereocenters. The van der Waals surface area contributed by atoms with Gasteiger partial charge in [-0.1, -0.05) is 0 Å². The van der Waals surface area contributed by atoms with Crippen molar-refractivity contribution >= 4 is 0 Å². The third kappa shape index (κ3) is 1.38. The third-order valence-corrected chi connectivity index (χ3v) is 3.48. The van der Waals surface area contributed by atoms with Crippen molar-refractivity contribution in [2.75, 3.05) is 19.7 Å². The van der Waals surface area contributed by atoms with Crippen molar-refractivity contribution in [3.63, 3.8) is 0 Å². The van der Waals surface area contributed by atoms with Crippen LogP contribution in [0, 0.1) is 0 Å². The molecule has 0 spiro atoms. The molecule has 2 saturated heterocycles. The van der Waals surface area contributed by atoms with Crippen LogP contribution < -0.4 is 0 Å². The van der Waals surface area contributed by atoms with E-state index in [-0.39, 0.29) is 12.1 Å². The Morgan fingerprint density at radius 3 is 2.77 bits per heavy atom. The molecule has 3 atom stereocenters. The fraction of sp³-hybridized carbons (Fsp3) is 1.00. The highest BCUT2D eigenvalue weighted by molar-refractivity contribution is 5.02. The van der Waals surface area contributed by atoms with Gasteiger partial charge >= 0.3 is 0 Å². The van der Waals surface area contributed by atoms with E-state index in [1.165, 1.54) is 0 Å². The SMILES string of the molecule is OC[C@]12CCCN1C[C@@H](O)[C@@H](O)C2. The second-order valence-electron chi connectivity index (χ2n) is 4.27. The van der Waals surface area contributed by atoms with E-state index in [1.807, 2.05) is 0 Å². The first-order valence-electron chi connectivity index (χ1n) is 4.90. The maximum absolute atomic E-state index is 9.53. The van der Waals surface area contributed by atoms with Gasteiger partial charge in [0, 0.05) is 12.1 Å². The van der Waals surface area contributed by atoms with Gasteiger partial charge in [-0.25, -0.2) is 0 Å². The topological polar surface area (TPSA) is 63.9 Å². The Balaban J connectivity index is 2.15. The third-order valence-electron chi connectivity index (χ3n) is 3.48. The first-order chi connectivity index (χ1) is 6.18. The molecule has 0 aromatic heterocycles. The van der Waals surface area contributed by atoms with Crippen LogP contribution in [0.4, 0.5) is 0 Å². The molecule has 0 bridgehead atoms. The maximum Gasteiger partial charge on any atom is 0.0926 e. The Hall–Kier alpha value is -0.160. The highest BCUT2D eigenvalue weighted by Crippen LogP contribution is 2.37. The Labute approximate surface area is 77.8 Å². The average molecular weight is 187 g/mol. The lowest BCUT2D eigenvalue weighted by Gasteiger charge is -2.45. The predicted octanol–water partition coefficient (Wildman–Crippen LogP) is -1.06. The molecule has 2 aliphatic rings. The van der Waals surface area contributed by atoms with Crippen molar-refractivity contribution in [1.29, 1.82) is 0 Å². The van der Waals surface area contributed by atoms with E-state index in [9.17, 15) is 15.3 Å². The summed E-state index contributed by atoms with van der Waals surface area (Å²) < 4.78 is 0. The summed E-state index contributed by atoms with van der Waals surface area (Å²) in [5.41, 5.74) is -0.237. The van der Waals surface area contributed by atoms with Crippen LogP contribution in [0.15, 0.2) is 0 Å². The summed E-state index contributed by atoms with van der Waals surface area (Å²) in [4.78, 5) is 2.12. The van der Waals surface area contributed by atoms with Gasteiger partial charge in [0.15, 0.2) is 0 Å². The first-order valence-corrected chi connectivity index (χ1v) is 4.90. The fourth-order valence-corrected chi connectivity index (χ4v) is 2.63. The lowest BCUT2D eigenvalue weighted by Crippen LogP contribution is -2.59. The fourth-order valence-electron chi connectivity index (χ4n) is 2.63. The van der Waals surface area contributed by atoms with Crippen LogP contribution in [0.1, 0.15) is 19.3 Å². The van der Waals surface area contributed by atoms with Crippen LogP contribution in [-0.4, -0.2) is 57.7 Å². The van der Waals surface area contributed by atoms with Crippen LogP contribution >= 0.6 is 0 Å². The van der Waals surface area contributed by atoms with E-state index < -0.39 is 12.2 Å². The quantitative estimate of drug-likeness (QED) is 0.489. The number of hydrogen-bond donors (Lipinski definition) is 3. The molecule has 4 nitrogen and oxygen atoms in total. The molecule has 13 heavy (non-hydrogen) atoms. The number of nitrogens with zero attached hydrogens (tertiary/aromatic N) is 1. The van der Waals surface area contributed by atoms with Gasteiger partial charge in [-0.2, -0.15) is 0 Å². The molecule has 76 valence electrons. The highest BCUT2D eigenvalue weighted by Gasteiger charge is 2.47. The van der Waals surface area contributed by atoms with Crippen LogP contribution in [0.3, 0.4) is 0 Å². The van der Waals surface area contributed by atoms with E-state index in [0.29, 0.717) is 13.0 Å². The number of fused-ring (bicyclic) bond motifs is 1. The summed E-state index contributed by atoms with van der Waals surface area (Å²) in [6.07, 6.45) is 1.19. The van der Waals surface area contributed by atoms with Crippen molar-refractivity contribution in [2.24, 2.45) is 0 Å². The minimum absolute atomic E-state index is 0.0940. The van der Waals surface area contributed by atoms with Gasteiger partial charge in [0.1, 0.15) is 0 Å². The van der Waals surface area contributed by atoms with Crippen molar-refractivity contribution in [2.45, 2.75) is 37.0 Å². The molecule has 3 N–H and O–H groups in total. The molecule has 2 rings (SSSR count). The summed E-state index contributed by atoms with van der Waals surface area (Å²) in [6.45, 7) is 1.53. The second kappa shape index (κ2) is 3.20. The van der Waals surface area contributed by atoms with Crippen molar-refractivity contribution in [1.82, 2.24) is 4.90 Å². The molecule has 0 aromatic rings. The maximum atomic E-state index is 9.53. The molecule has 0 radical (unpaired) electrons. The normalized spacial score (nSPS) is 46.4. The smallest absolute Gasteiger partial charge is 0.0926 e. The zero-order valence-corrected chi connectivity index (χ0v) is 7.69. The van der Waals surface area contributed by atoms with Gasteiger partial charge in [0.05, 0.1) is 18.8 Å². The molecule has 0 saturated carbocycles. The summed E-state index contributed by atoms with van der Waals surface area (Å²) in [5.74, 6) is 0. The summed E-state index contributed by atoms with van der Waals surface area (Å²) in [7, 11) is 0. The molecule has 2 fully saturated rings. The molecular weight excluding hydrogens is 170 g/mol. The number of rotatable bonds is 1. The molecule has 0 aromatic carbocycles. The molecule has 0 aliphatic carbocycles. The van der Waals surface area contributed by atoms with Gasteiger partial charge in [-0.3, -0.25) is 4.90 Å². The van der Waals surface area contributed by atoms with E-state index in [0.717, 1.165) is 19.4 Å². The summed E-state index contributed by atoms with van der Waals surface area (Å²) in [6, 6.07) is 0. The summed E-state index contributed by atoms with van der Waals surface area (Å²) >= 11 is 0. The number of aliphatic hydroxyl groups excluding tert-OH is 3. The average Bonchev–Trinajstić information content (AvgIpc) is 2.49. The molecule has 2 heterocycles. The monoisotopic (exact) mass is 187 g/mol. The van der Waals surface area contributed by atoms with Gasteiger partial charge in [0.2, 0.25) is 0 Å². The molecule has 2 aliphatic heterocycles. The van der Waals surface area contributed by atoms with E-state index in [2.05, 4.69) is 4.90 Å². The van der Waals surface area contributed by atoms with E-state index >= 15 is 0 Å². The van der Waals surface area contributed by atoms with Crippen LogP contribution in [0.5, 0.6) is 0 Å². The first kappa shape index (κ1) is 9.40. The Kier molecular flexibility index (Phi) is 2.32. The van der Waals surface area contributed by atoms with E-state index in [1.54, 1.807) is 0 Å². The van der Waals surface area contributed by atoms with Crippen molar-refractivity contribution in [3.05, 3.63) is 0 Å². The molecule has 4 heteroatoms. The van der Waals surface area contributed by atoms with Gasteiger partial charge in [0.25, 0.3) is 0 Å². The van der Waals surface area contributed by atoms with Crippen LogP contribution in [0.2, 0.25) is 0 Å². The predicted molar refractivity (Wildman–Crippen MR) is 47.3 cm³/mol. The van der Waals surface area contributed by atoms with Gasteiger partial charge in [-0.15, -0.1) is 0 Å². The lowest BCUT2D eigenvalue weighted by molar-refractivity contribution is -0.0968. The standard InChI is InChI=1S/C9H17NO3/c11-6-9-2-1-3-10(9)5-8(13)7(12)4-9/h7-8,11-13H,1-6H2/t7-,8+,9+/m0/s1. The Morgan fingerprint density at radius 1 is 1.31 bits per heavy atom. The van der Waals surface area contributed by atoms with Crippen LogP contribution in [0.25, 0.3) is 0 Å². The minimum atomic E-state index is -0.665. The number of piperidine rings is 1. The second-order valence-corrected chi connectivity index (χ2v) is 4.27. The highest BCUT2D eigenvalue weighted by atomic mass is 16.3. The molecule has 0 amide bonds. The van der Waals surface area contributed by atoms with Gasteiger partial charge < -0.3 is 15.3 Å². The van der Waals surface area contributed by atoms with Crippen molar-refractivity contribution < 1.29 is 15.3 Å². The molecular formula is C9H17NO3. The van der Waals surface area contributed by atoms with Crippen LogP contribution in [-0.2, 0) is 0 Å². The van der Waals surface area contributed by atoms with Crippen molar-refractivity contribution in [3.8, 4) is 0 Å².